The van der Waals surface area contributed by atoms with Crippen LogP contribution in [0.4, 0.5) is 10.1 Å². The molecular formula is C19H21ClFN3S. The number of piperidine rings is 1. The van der Waals surface area contributed by atoms with Gasteiger partial charge in [-0.25, -0.2) is 4.39 Å². The summed E-state index contributed by atoms with van der Waals surface area (Å²) in [7, 11) is 0. The fourth-order valence-electron chi connectivity index (χ4n) is 3.00. The second-order valence-electron chi connectivity index (χ2n) is 6.26. The topological polar surface area (TPSA) is 27.3 Å². The maximum atomic E-state index is 13.2. The highest BCUT2D eigenvalue weighted by atomic mass is 35.5. The number of nitrogens with one attached hydrogen (secondary N) is 2. The van der Waals surface area contributed by atoms with Crippen molar-refractivity contribution in [2.45, 2.75) is 25.4 Å². The third-order valence-electron chi connectivity index (χ3n) is 4.35. The van der Waals surface area contributed by atoms with Crippen molar-refractivity contribution < 1.29 is 4.39 Å². The number of halogens is 2. The van der Waals surface area contributed by atoms with Crippen molar-refractivity contribution in [3.05, 3.63) is 64.9 Å². The van der Waals surface area contributed by atoms with Crippen molar-refractivity contribution in [2.75, 3.05) is 18.4 Å². The Morgan fingerprint density at radius 2 is 1.88 bits per heavy atom. The molecule has 0 atom stereocenters. The Labute approximate surface area is 158 Å². The van der Waals surface area contributed by atoms with Crippen molar-refractivity contribution in [3.63, 3.8) is 0 Å². The zero-order chi connectivity index (χ0) is 17.6. The van der Waals surface area contributed by atoms with Crippen LogP contribution in [-0.4, -0.2) is 29.1 Å². The fourth-order valence-corrected chi connectivity index (χ4v) is 3.47. The van der Waals surface area contributed by atoms with Crippen LogP contribution >= 0.6 is 23.8 Å². The monoisotopic (exact) mass is 377 g/mol. The van der Waals surface area contributed by atoms with E-state index in [0.717, 1.165) is 32.5 Å². The van der Waals surface area contributed by atoms with E-state index < -0.39 is 5.82 Å². The van der Waals surface area contributed by atoms with Crippen LogP contribution in [0.1, 0.15) is 18.4 Å². The van der Waals surface area contributed by atoms with E-state index in [1.54, 1.807) is 6.07 Å². The lowest BCUT2D eigenvalue weighted by Crippen LogP contribution is -2.45. The van der Waals surface area contributed by atoms with Crippen LogP contribution < -0.4 is 10.6 Å². The first kappa shape index (κ1) is 18.1. The summed E-state index contributed by atoms with van der Waals surface area (Å²) in [5.74, 6) is -0.433. The summed E-state index contributed by atoms with van der Waals surface area (Å²) >= 11 is 11.1. The lowest BCUT2D eigenvalue weighted by molar-refractivity contribution is 0.199. The molecule has 6 heteroatoms. The molecule has 1 aliphatic rings. The van der Waals surface area contributed by atoms with E-state index in [0.29, 0.717) is 16.8 Å². The number of nitrogens with zero attached hydrogens (tertiary/aromatic N) is 1. The van der Waals surface area contributed by atoms with Crippen LogP contribution in [0.15, 0.2) is 48.5 Å². The molecule has 2 N–H and O–H groups in total. The molecule has 132 valence electrons. The van der Waals surface area contributed by atoms with Gasteiger partial charge in [-0.1, -0.05) is 41.9 Å². The molecule has 1 heterocycles. The minimum Gasteiger partial charge on any atom is -0.360 e. The van der Waals surface area contributed by atoms with E-state index >= 15 is 0 Å². The molecule has 1 fully saturated rings. The minimum atomic E-state index is -0.433. The molecule has 3 nitrogen and oxygen atoms in total. The lowest BCUT2D eigenvalue weighted by Gasteiger charge is -2.33. The third-order valence-corrected chi connectivity index (χ3v) is 4.86. The number of hydrogen-bond acceptors (Lipinski definition) is 2. The highest BCUT2D eigenvalue weighted by Gasteiger charge is 2.19. The fraction of sp³-hybridized carbons (Fsp3) is 0.316. The molecule has 1 saturated heterocycles. The summed E-state index contributed by atoms with van der Waals surface area (Å²) in [5.41, 5.74) is 2.03. The standard InChI is InChI=1S/C19H21ClFN3S/c20-17-12-16(6-7-18(17)21)23-19(25)22-15-8-10-24(11-9-15)13-14-4-2-1-3-5-14/h1-7,12,15H,8-11,13H2,(H2,22,23,25). The molecule has 25 heavy (non-hydrogen) atoms. The molecule has 2 aromatic carbocycles. The molecular weight excluding hydrogens is 357 g/mol. The predicted molar refractivity (Wildman–Crippen MR) is 106 cm³/mol. The zero-order valence-corrected chi connectivity index (χ0v) is 15.4. The van der Waals surface area contributed by atoms with Crippen LogP contribution in [0.2, 0.25) is 5.02 Å². The first-order valence-corrected chi connectivity index (χ1v) is 9.17. The molecule has 0 aromatic heterocycles. The summed E-state index contributed by atoms with van der Waals surface area (Å²) in [6.45, 7) is 3.07. The van der Waals surface area contributed by atoms with Crippen molar-refractivity contribution >= 4 is 34.6 Å². The Kier molecular flexibility index (Phi) is 6.24. The summed E-state index contributed by atoms with van der Waals surface area (Å²) < 4.78 is 13.2. The van der Waals surface area contributed by atoms with Gasteiger partial charge in [0.05, 0.1) is 5.02 Å². The Morgan fingerprint density at radius 1 is 1.16 bits per heavy atom. The quantitative estimate of drug-likeness (QED) is 0.771. The number of hydrogen-bond donors (Lipinski definition) is 2. The number of thiocarbonyl (C=S) groups is 1. The highest BCUT2D eigenvalue weighted by molar-refractivity contribution is 7.80. The summed E-state index contributed by atoms with van der Waals surface area (Å²) in [5, 5.41) is 7.04. The number of anilines is 1. The van der Waals surface area contributed by atoms with Gasteiger partial charge < -0.3 is 10.6 Å². The molecule has 0 saturated carbocycles. The van der Waals surface area contributed by atoms with Gasteiger partial charge in [0.1, 0.15) is 5.82 Å². The van der Waals surface area contributed by atoms with Crippen LogP contribution in [0, 0.1) is 5.82 Å². The molecule has 0 bridgehead atoms. The van der Waals surface area contributed by atoms with E-state index in [-0.39, 0.29) is 5.02 Å². The Hall–Kier alpha value is -1.69. The number of likely N-dealkylation sites (tertiary alicyclic amines) is 1. The van der Waals surface area contributed by atoms with Gasteiger partial charge in [-0.15, -0.1) is 0 Å². The van der Waals surface area contributed by atoms with Gasteiger partial charge in [0.2, 0.25) is 0 Å². The van der Waals surface area contributed by atoms with E-state index in [1.807, 2.05) is 6.07 Å². The van der Waals surface area contributed by atoms with Gasteiger partial charge in [0.15, 0.2) is 5.11 Å². The highest BCUT2D eigenvalue weighted by Crippen LogP contribution is 2.19. The molecule has 0 unspecified atom stereocenters. The average Bonchev–Trinajstić information content (AvgIpc) is 2.61. The van der Waals surface area contributed by atoms with Gasteiger partial charge in [-0.2, -0.15) is 0 Å². The summed E-state index contributed by atoms with van der Waals surface area (Å²) in [4.78, 5) is 2.46. The molecule has 0 spiro atoms. The van der Waals surface area contributed by atoms with E-state index in [1.165, 1.54) is 17.7 Å². The molecule has 0 radical (unpaired) electrons. The van der Waals surface area contributed by atoms with Crippen LogP contribution in [0.3, 0.4) is 0 Å². The summed E-state index contributed by atoms with van der Waals surface area (Å²) in [6, 6.07) is 15.4. The Morgan fingerprint density at radius 3 is 2.56 bits per heavy atom. The van der Waals surface area contributed by atoms with Gasteiger partial charge in [-0.05, 0) is 48.8 Å². The zero-order valence-electron chi connectivity index (χ0n) is 13.8. The maximum Gasteiger partial charge on any atom is 0.170 e. The van der Waals surface area contributed by atoms with Crippen LogP contribution in [0.5, 0.6) is 0 Å². The average molecular weight is 378 g/mol. The SMILES string of the molecule is Fc1ccc(NC(=S)NC2CCN(Cc3ccccc3)CC2)cc1Cl. The summed E-state index contributed by atoms with van der Waals surface area (Å²) in [6.07, 6.45) is 2.08. The molecule has 3 rings (SSSR count). The Balaban J connectivity index is 1.43. The van der Waals surface area contributed by atoms with Gasteiger partial charge >= 0.3 is 0 Å². The smallest absolute Gasteiger partial charge is 0.170 e. The second kappa shape index (κ2) is 8.61. The van der Waals surface area contributed by atoms with Gasteiger partial charge in [-0.3, -0.25) is 4.90 Å². The van der Waals surface area contributed by atoms with Crippen molar-refractivity contribution in [1.29, 1.82) is 0 Å². The van der Waals surface area contributed by atoms with Crippen LogP contribution in [-0.2, 0) is 6.54 Å². The first-order valence-electron chi connectivity index (χ1n) is 8.39. The van der Waals surface area contributed by atoms with Gasteiger partial charge in [0.25, 0.3) is 0 Å². The maximum absolute atomic E-state index is 13.2. The second-order valence-corrected chi connectivity index (χ2v) is 7.08. The molecule has 0 amide bonds. The normalized spacial score (nSPS) is 15.8. The van der Waals surface area contributed by atoms with Crippen molar-refractivity contribution in [2.24, 2.45) is 0 Å². The van der Waals surface area contributed by atoms with E-state index in [9.17, 15) is 4.39 Å². The van der Waals surface area contributed by atoms with Gasteiger partial charge in [0, 0.05) is 31.4 Å². The van der Waals surface area contributed by atoms with Crippen molar-refractivity contribution in [3.8, 4) is 0 Å². The van der Waals surface area contributed by atoms with E-state index in [2.05, 4.69) is 39.8 Å². The van der Waals surface area contributed by atoms with E-state index in [4.69, 9.17) is 23.8 Å². The largest absolute Gasteiger partial charge is 0.360 e. The molecule has 0 aliphatic carbocycles. The lowest BCUT2D eigenvalue weighted by atomic mass is 10.0. The third kappa shape index (κ3) is 5.39. The first-order chi connectivity index (χ1) is 12.1. The minimum absolute atomic E-state index is 0.0852. The van der Waals surface area contributed by atoms with Crippen molar-refractivity contribution in [1.82, 2.24) is 10.2 Å². The predicted octanol–water partition coefficient (Wildman–Crippen LogP) is 4.43. The van der Waals surface area contributed by atoms with Crippen LogP contribution in [0.25, 0.3) is 0 Å². The molecule has 1 aliphatic heterocycles. The Bertz CT molecular complexity index is 718. The number of benzene rings is 2. The number of rotatable bonds is 4. The molecule has 2 aromatic rings.